The lowest BCUT2D eigenvalue weighted by Crippen LogP contribution is -2.14. The molecule has 0 radical (unpaired) electrons. The van der Waals surface area contributed by atoms with Crippen molar-refractivity contribution in [2.24, 2.45) is 17.8 Å². The molecule has 1 heterocycles. The molecular formula is C11H13N3O4. The third-order valence-electron chi connectivity index (χ3n) is 4.27. The van der Waals surface area contributed by atoms with Gasteiger partial charge in [0.2, 0.25) is 0 Å². The zero-order chi connectivity index (χ0) is 13.0. The van der Waals surface area contributed by atoms with E-state index in [1.54, 1.807) is 11.6 Å². The summed E-state index contributed by atoms with van der Waals surface area (Å²) in [4.78, 5) is 21.2. The maximum atomic E-state index is 10.9. The van der Waals surface area contributed by atoms with Gasteiger partial charge in [-0.1, -0.05) is 0 Å². The van der Waals surface area contributed by atoms with Crippen LogP contribution in [0.3, 0.4) is 0 Å². The van der Waals surface area contributed by atoms with Crippen molar-refractivity contribution < 1.29 is 14.8 Å². The number of rotatable bonds is 3. The summed E-state index contributed by atoms with van der Waals surface area (Å²) in [6.45, 7) is 1.68. The van der Waals surface area contributed by atoms with Crippen LogP contribution in [0.15, 0.2) is 6.20 Å². The summed E-state index contributed by atoms with van der Waals surface area (Å²) < 4.78 is 1.68. The van der Waals surface area contributed by atoms with Gasteiger partial charge in [-0.2, -0.15) is 5.10 Å². The Kier molecular flexibility index (Phi) is 2.20. The number of nitro groups is 1. The molecule has 0 amide bonds. The SMILES string of the molecule is Cc1c([N+](=O)[O-])cnn1C1CC2C(C1)C2C(=O)O. The van der Waals surface area contributed by atoms with E-state index in [-0.39, 0.29) is 29.5 Å². The first kappa shape index (κ1) is 11.2. The molecule has 18 heavy (non-hydrogen) atoms. The highest BCUT2D eigenvalue weighted by Gasteiger charge is 2.60. The fourth-order valence-corrected chi connectivity index (χ4v) is 3.34. The predicted octanol–water partition coefficient (Wildman–Crippen LogP) is 1.38. The average Bonchev–Trinajstić information content (AvgIpc) is 2.67. The van der Waals surface area contributed by atoms with Crippen molar-refractivity contribution in [3.05, 3.63) is 22.0 Å². The van der Waals surface area contributed by atoms with Crippen molar-refractivity contribution in [3.8, 4) is 0 Å². The molecule has 2 atom stereocenters. The van der Waals surface area contributed by atoms with Crippen LogP contribution < -0.4 is 0 Å². The number of carboxylic acid groups (broad SMARTS) is 1. The highest BCUT2D eigenvalue weighted by atomic mass is 16.6. The number of aromatic nitrogens is 2. The van der Waals surface area contributed by atoms with Crippen LogP contribution in [0.1, 0.15) is 24.6 Å². The number of hydrogen-bond donors (Lipinski definition) is 1. The smallest absolute Gasteiger partial charge is 0.309 e. The molecule has 1 aromatic rings. The van der Waals surface area contributed by atoms with Gasteiger partial charge in [-0.15, -0.1) is 0 Å². The van der Waals surface area contributed by atoms with Gasteiger partial charge in [0, 0.05) is 0 Å². The standard InChI is InChI=1S/C11H13N3O4/c1-5-9(14(17)18)4-12-13(5)6-2-7-8(3-6)10(7)11(15)16/h4,6-8,10H,2-3H2,1H3,(H,15,16). The molecule has 1 N–H and O–H groups in total. The Morgan fingerprint density at radius 3 is 2.61 bits per heavy atom. The Balaban J connectivity index is 1.76. The zero-order valence-corrected chi connectivity index (χ0v) is 9.81. The molecule has 2 aliphatic carbocycles. The van der Waals surface area contributed by atoms with Gasteiger partial charge in [0.1, 0.15) is 11.9 Å². The second-order valence-corrected chi connectivity index (χ2v) is 5.13. The Bertz CT molecular complexity index is 526. The molecule has 1 aromatic heterocycles. The topological polar surface area (TPSA) is 98.3 Å². The summed E-state index contributed by atoms with van der Waals surface area (Å²) in [6.07, 6.45) is 2.80. The van der Waals surface area contributed by atoms with E-state index in [1.165, 1.54) is 6.20 Å². The van der Waals surface area contributed by atoms with Crippen LogP contribution in [0.5, 0.6) is 0 Å². The summed E-state index contributed by atoms with van der Waals surface area (Å²) >= 11 is 0. The van der Waals surface area contributed by atoms with Gasteiger partial charge in [-0.05, 0) is 31.6 Å². The summed E-state index contributed by atoms with van der Waals surface area (Å²) in [5.74, 6) is -0.455. The normalized spacial score (nSPS) is 33.2. The van der Waals surface area contributed by atoms with Crippen LogP contribution in [-0.2, 0) is 4.79 Å². The highest BCUT2D eigenvalue weighted by molar-refractivity contribution is 5.74. The Morgan fingerprint density at radius 2 is 2.17 bits per heavy atom. The molecular weight excluding hydrogens is 238 g/mol. The third-order valence-corrected chi connectivity index (χ3v) is 4.27. The highest BCUT2D eigenvalue weighted by Crippen LogP contribution is 2.61. The fourth-order valence-electron chi connectivity index (χ4n) is 3.34. The van der Waals surface area contributed by atoms with Crippen molar-refractivity contribution in [2.75, 3.05) is 0 Å². The Morgan fingerprint density at radius 1 is 1.56 bits per heavy atom. The minimum Gasteiger partial charge on any atom is -0.481 e. The van der Waals surface area contributed by atoms with E-state index < -0.39 is 10.9 Å². The number of fused-ring (bicyclic) bond motifs is 1. The molecule has 0 saturated heterocycles. The lowest BCUT2D eigenvalue weighted by atomic mass is 10.1. The van der Waals surface area contributed by atoms with Gasteiger partial charge in [-0.25, -0.2) is 0 Å². The molecule has 2 fully saturated rings. The largest absolute Gasteiger partial charge is 0.481 e. The van der Waals surface area contributed by atoms with Crippen LogP contribution in [0, 0.1) is 34.8 Å². The van der Waals surface area contributed by atoms with E-state index in [1.807, 2.05) is 0 Å². The van der Waals surface area contributed by atoms with Crippen molar-refractivity contribution >= 4 is 11.7 Å². The first-order valence-electron chi connectivity index (χ1n) is 5.92. The maximum absolute atomic E-state index is 10.9. The molecule has 0 aliphatic heterocycles. The van der Waals surface area contributed by atoms with Crippen LogP contribution >= 0.6 is 0 Å². The summed E-state index contributed by atoms with van der Waals surface area (Å²) in [5.41, 5.74) is 0.587. The number of carboxylic acids is 1. The van der Waals surface area contributed by atoms with E-state index in [9.17, 15) is 14.9 Å². The minimum atomic E-state index is -0.716. The van der Waals surface area contributed by atoms with E-state index in [0.717, 1.165) is 12.8 Å². The number of aliphatic carboxylic acids is 1. The van der Waals surface area contributed by atoms with Gasteiger partial charge in [0.05, 0.1) is 16.9 Å². The molecule has 7 nitrogen and oxygen atoms in total. The number of carbonyl (C=O) groups is 1. The minimum absolute atomic E-state index is 0.0327. The second kappa shape index (κ2) is 3.54. The van der Waals surface area contributed by atoms with Crippen molar-refractivity contribution in [1.82, 2.24) is 9.78 Å². The van der Waals surface area contributed by atoms with E-state index >= 15 is 0 Å². The molecule has 3 rings (SSSR count). The molecule has 96 valence electrons. The third kappa shape index (κ3) is 1.43. The van der Waals surface area contributed by atoms with Crippen LogP contribution in [-0.4, -0.2) is 25.8 Å². The quantitative estimate of drug-likeness (QED) is 0.646. The lowest BCUT2D eigenvalue weighted by molar-refractivity contribution is -0.385. The molecule has 2 saturated carbocycles. The lowest BCUT2D eigenvalue weighted by Gasteiger charge is -2.15. The number of nitrogens with zero attached hydrogens (tertiary/aromatic N) is 3. The Labute approximate surface area is 103 Å². The van der Waals surface area contributed by atoms with Crippen LogP contribution in [0.4, 0.5) is 5.69 Å². The van der Waals surface area contributed by atoms with Crippen molar-refractivity contribution in [1.29, 1.82) is 0 Å². The van der Waals surface area contributed by atoms with Gasteiger partial charge in [0.25, 0.3) is 0 Å². The maximum Gasteiger partial charge on any atom is 0.309 e. The first-order valence-corrected chi connectivity index (χ1v) is 5.92. The molecule has 2 aliphatic rings. The zero-order valence-electron chi connectivity index (χ0n) is 9.81. The van der Waals surface area contributed by atoms with Gasteiger partial charge in [0.15, 0.2) is 0 Å². The van der Waals surface area contributed by atoms with Gasteiger partial charge in [-0.3, -0.25) is 19.6 Å². The molecule has 2 unspecified atom stereocenters. The summed E-state index contributed by atoms with van der Waals surface area (Å²) in [5, 5.41) is 23.7. The molecule has 7 heteroatoms. The van der Waals surface area contributed by atoms with Gasteiger partial charge < -0.3 is 5.11 Å². The molecule has 0 bridgehead atoms. The van der Waals surface area contributed by atoms with Crippen molar-refractivity contribution in [2.45, 2.75) is 25.8 Å². The Hall–Kier alpha value is -1.92. The summed E-state index contributed by atoms with van der Waals surface area (Å²) in [6, 6.07) is 0.115. The van der Waals surface area contributed by atoms with Crippen molar-refractivity contribution in [3.63, 3.8) is 0 Å². The van der Waals surface area contributed by atoms with Gasteiger partial charge >= 0.3 is 11.7 Å². The van der Waals surface area contributed by atoms with E-state index in [2.05, 4.69) is 5.10 Å². The van der Waals surface area contributed by atoms with Crippen LogP contribution in [0.2, 0.25) is 0 Å². The fraction of sp³-hybridized carbons (Fsp3) is 0.636. The van der Waals surface area contributed by atoms with E-state index in [0.29, 0.717) is 5.69 Å². The molecule has 0 aromatic carbocycles. The average molecular weight is 251 g/mol. The van der Waals surface area contributed by atoms with E-state index in [4.69, 9.17) is 5.11 Å². The summed E-state index contributed by atoms with van der Waals surface area (Å²) in [7, 11) is 0. The predicted molar refractivity (Wildman–Crippen MR) is 60.0 cm³/mol. The monoisotopic (exact) mass is 251 g/mol. The van der Waals surface area contributed by atoms with Crippen LogP contribution in [0.25, 0.3) is 0 Å². The molecule has 0 spiro atoms. The first-order chi connectivity index (χ1) is 8.50. The second-order valence-electron chi connectivity index (χ2n) is 5.13. The number of hydrogen-bond acceptors (Lipinski definition) is 4.